The molecule has 0 N–H and O–H groups in total. The molecule has 0 aliphatic carbocycles. The molecule has 0 unspecified atom stereocenters. The van der Waals surface area contributed by atoms with Crippen LogP contribution < -0.4 is 4.90 Å². The SMILES string of the molecule is C[C@@H](C#N)CN(C)c1ncnc2c1cnn2CCC#N. The van der Waals surface area contributed by atoms with Crippen LogP contribution >= 0.6 is 0 Å². The minimum Gasteiger partial charge on any atom is -0.358 e. The maximum atomic E-state index is 8.89. The van der Waals surface area contributed by atoms with E-state index in [-0.39, 0.29) is 5.92 Å². The molecule has 1 atom stereocenters. The maximum absolute atomic E-state index is 8.89. The van der Waals surface area contributed by atoms with Crippen LogP contribution in [0.4, 0.5) is 5.82 Å². The van der Waals surface area contributed by atoms with Gasteiger partial charge in [-0.15, -0.1) is 0 Å². The summed E-state index contributed by atoms with van der Waals surface area (Å²) in [7, 11) is 1.89. The summed E-state index contributed by atoms with van der Waals surface area (Å²) in [5, 5.41) is 22.6. The van der Waals surface area contributed by atoms with Crippen LogP contribution in [0, 0.1) is 28.6 Å². The van der Waals surface area contributed by atoms with Crippen molar-refractivity contribution >= 4 is 16.9 Å². The van der Waals surface area contributed by atoms with Gasteiger partial charge in [-0.2, -0.15) is 15.6 Å². The third-order valence-corrected chi connectivity index (χ3v) is 2.98. The molecule has 102 valence electrons. The lowest BCUT2D eigenvalue weighted by molar-refractivity contribution is 0.643. The number of hydrogen-bond acceptors (Lipinski definition) is 6. The van der Waals surface area contributed by atoms with Crippen molar-refractivity contribution in [3.63, 3.8) is 0 Å². The normalized spacial score (nSPS) is 11.8. The lowest BCUT2D eigenvalue weighted by atomic mass is 10.2. The van der Waals surface area contributed by atoms with Gasteiger partial charge >= 0.3 is 0 Å². The third kappa shape index (κ3) is 2.67. The molecule has 0 aliphatic heterocycles. The minimum absolute atomic E-state index is 0.0846. The topological polar surface area (TPSA) is 94.4 Å². The first kappa shape index (κ1) is 13.8. The van der Waals surface area contributed by atoms with Crippen LogP contribution in [-0.4, -0.2) is 33.3 Å². The standard InChI is InChI=1S/C13H15N7/c1-10(6-15)8-19(2)12-11-7-18-20(5-3-4-14)13(11)17-9-16-12/h7,9-10H,3,5,8H2,1-2H3/t10-/m0/s1. The fourth-order valence-corrected chi connectivity index (χ4v) is 2.04. The van der Waals surface area contributed by atoms with E-state index in [1.54, 1.807) is 10.9 Å². The van der Waals surface area contributed by atoms with Crippen molar-refractivity contribution in [3.05, 3.63) is 12.5 Å². The van der Waals surface area contributed by atoms with E-state index in [1.165, 1.54) is 6.33 Å². The molecule has 0 fully saturated rings. The van der Waals surface area contributed by atoms with Gasteiger partial charge in [-0.1, -0.05) is 0 Å². The summed E-state index contributed by atoms with van der Waals surface area (Å²) in [6.45, 7) is 2.96. The van der Waals surface area contributed by atoms with Crippen molar-refractivity contribution in [1.82, 2.24) is 19.7 Å². The summed E-state index contributed by atoms with van der Waals surface area (Å²) < 4.78 is 1.70. The van der Waals surface area contributed by atoms with Gasteiger partial charge < -0.3 is 4.90 Å². The van der Waals surface area contributed by atoms with Gasteiger partial charge in [0.1, 0.15) is 12.1 Å². The molecule has 0 amide bonds. The van der Waals surface area contributed by atoms with Crippen molar-refractivity contribution in [2.45, 2.75) is 19.9 Å². The zero-order valence-corrected chi connectivity index (χ0v) is 11.5. The van der Waals surface area contributed by atoms with Gasteiger partial charge in [0.05, 0.1) is 42.6 Å². The Morgan fingerprint density at radius 1 is 1.40 bits per heavy atom. The Balaban J connectivity index is 2.34. The summed E-state index contributed by atoms with van der Waals surface area (Å²) in [6.07, 6.45) is 3.57. The molecule has 0 spiro atoms. The Bertz CT molecular complexity index is 676. The summed E-state index contributed by atoms with van der Waals surface area (Å²) in [5.41, 5.74) is 0.710. The van der Waals surface area contributed by atoms with Crippen LogP contribution in [0.15, 0.2) is 12.5 Å². The van der Waals surface area contributed by atoms with Crippen LogP contribution in [0.3, 0.4) is 0 Å². The Morgan fingerprint density at radius 3 is 2.90 bits per heavy atom. The van der Waals surface area contributed by atoms with Gasteiger partial charge in [0, 0.05) is 13.6 Å². The van der Waals surface area contributed by atoms with E-state index in [0.29, 0.717) is 25.2 Å². The quantitative estimate of drug-likeness (QED) is 0.812. The minimum atomic E-state index is -0.0846. The van der Waals surface area contributed by atoms with Crippen molar-refractivity contribution in [2.75, 3.05) is 18.5 Å². The first-order valence-corrected chi connectivity index (χ1v) is 6.31. The van der Waals surface area contributed by atoms with Gasteiger partial charge in [-0.3, -0.25) is 0 Å². The fraction of sp³-hybridized carbons (Fsp3) is 0.462. The molecule has 0 aliphatic rings. The molecule has 0 saturated carbocycles. The molecule has 2 aromatic heterocycles. The summed E-state index contributed by atoms with van der Waals surface area (Å²) in [6, 6.07) is 4.30. The largest absolute Gasteiger partial charge is 0.358 e. The molecule has 0 bridgehead atoms. The molecule has 2 rings (SSSR count). The zero-order chi connectivity index (χ0) is 14.5. The van der Waals surface area contributed by atoms with E-state index in [9.17, 15) is 0 Å². The molecule has 7 nitrogen and oxygen atoms in total. The van der Waals surface area contributed by atoms with E-state index < -0.39 is 0 Å². The van der Waals surface area contributed by atoms with Crippen LogP contribution in [0.2, 0.25) is 0 Å². The van der Waals surface area contributed by atoms with Crippen molar-refractivity contribution < 1.29 is 0 Å². The van der Waals surface area contributed by atoms with Crippen LogP contribution in [0.1, 0.15) is 13.3 Å². The Morgan fingerprint density at radius 2 is 2.20 bits per heavy atom. The van der Waals surface area contributed by atoms with Crippen LogP contribution in [-0.2, 0) is 6.54 Å². The Kier molecular flexibility index (Phi) is 4.11. The van der Waals surface area contributed by atoms with E-state index >= 15 is 0 Å². The first-order chi connectivity index (χ1) is 9.67. The number of hydrogen-bond donors (Lipinski definition) is 0. The maximum Gasteiger partial charge on any atom is 0.163 e. The average molecular weight is 269 g/mol. The zero-order valence-electron chi connectivity index (χ0n) is 11.5. The summed E-state index contributed by atoms with van der Waals surface area (Å²) in [5.74, 6) is 0.666. The second-order valence-electron chi connectivity index (χ2n) is 4.62. The molecule has 2 heterocycles. The lowest BCUT2D eigenvalue weighted by Crippen LogP contribution is -2.24. The van der Waals surface area contributed by atoms with E-state index in [4.69, 9.17) is 10.5 Å². The van der Waals surface area contributed by atoms with E-state index in [1.807, 2.05) is 18.9 Å². The number of aryl methyl sites for hydroxylation is 1. The Hall–Kier alpha value is -2.67. The molecule has 7 heteroatoms. The van der Waals surface area contributed by atoms with Gasteiger partial charge in [-0.25, -0.2) is 14.6 Å². The third-order valence-electron chi connectivity index (χ3n) is 2.98. The first-order valence-electron chi connectivity index (χ1n) is 6.31. The predicted molar refractivity (Wildman–Crippen MR) is 73.6 cm³/mol. The van der Waals surface area contributed by atoms with Crippen molar-refractivity contribution in [1.29, 1.82) is 10.5 Å². The van der Waals surface area contributed by atoms with Crippen LogP contribution in [0.5, 0.6) is 0 Å². The molecule has 0 saturated heterocycles. The van der Waals surface area contributed by atoms with Gasteiger partial charge in [0.15, 0.2) is 5.65 Å². The smallest absolute Gasteiger partial charge is 0.163 e. The fourth-order valence-electron chi connectivity index (χ4n) is 2.04. The lowest BCUT2D eigenvalue weighted by Gasteiger charge is -2.19. The molecule has 0 radical (unpaired) electrons. The molecular weight excluding hydrogens is 254 g/mol. The second-order valence-corrected chi connectivity index (χ2v) is 4.62. The van der Waals surface area contributed by atoms with Crippen LogP contribution in [0.25, 0.3) is 11.0 Å². The van der Waals surface area contributed by atoms with Gasteiger partial charge in [0.2, 0.25) is 0 Å². The Labute approximate surface area is 117 Å². The highest BCUT2D eigenvalue weighted by Gasteiger charge is 2.14. The molecule has 2 aromatic rings. The van der Waals surface area contributed by atoms with E-state index in [0.717, 1.165) is 11.2 Å². The van der Waals surface area contributed by atoms with E-state index in [2.05, 4.69) is 27.2 Å². The molecule has 0 aromatic carbocycles. The van der Waals surface area contributed by atoms with Gasteiger partial charge in [-0.05, 0) is 6.92 Å². The number of aromatic nitrogens is 4. The second kappa shape index (κ2) is 5.98. The molecular formula is C13H15N7. The summed E-state index contributed by atoms with van der Waals surface area (Å²) in [4.78, 5) is 10.4. The highest BCUT2D eigenvalue weighted by atomic mass is 15.3. The number of rotatable bonds is 5. The highest BCUT2D eigenvalue weighted by Crippen LogP contribution is 2.22. The number of nitrogens with zero attached hydrogens (tertiary/aromatic N) is 7. The van der Waals surface area contributed by atoms with Crippen molar-refractivity contribution in [2.24, 2.45) is 5.92 Å². The monoisotopic (exact) mass is 269 g/mol. The predicted octanol–water partition coefficient (Wildman–Crippen LogP) is 1.34. The van der Waals surface area contributed by atoms with Crippen molar-refractivity contribution in [3.8, 4) is 12.1 Å². The average Bonchev–Trinajstić information content (AvgIpc) is 2.87. The number of anilines is 1. The van der Waals surface area contributed by atoms with Gasteiger partial charge in [0.25, 0.3) is 0 Å². The summed E-state index contributed by atoms with van der Waals surface area (Å²) >= 11 is 0. The highest BCUT2D eigenvalue weighted by molar-refractivity contribution is 5.86. The molecule has 20 heavy (non-hydrogen) atoms. The number of nitriles is 2. The number of fused-ring (bicyclic) bond motifs is 1.